The number of rotatable bonds is 6. The number of aromatic nitrogens is 2. The highest BCUT2D eigenvalue weighted by Gasteiger charge is 2.33. The van der Waals surface area contributed by atoms with Crippen LogP contribution in [0.3, 0.4) is 0 Å². The largest absolute Gasteiger partial charge is 0.497 e. The maximum atomic E-state index is 6.16. The van der Waals surface area contributed by atoms with Gasteiger partial charge in [0.25, 0.3) is 0 Å². The lowest BCUT2D eigenvalue weighted by molar-refractivity contribution is -0.0543. The molecular weight excluding hydrogens is 408 g/mol. The Labute approximate surface area is 178 Å². The van der Waals surface area contributed by atoms with Gasteiger partial charge in [-0.05, 0) is 42.9 Å². The molecule has 28 heavy (non-hydrogen) atoms. The lowest BCUT2D eigenvalue weighted by atomic mass is 9.90. The first-order chi connectivity index (χ1) is 13.5. The molecular formula is C21H24N2O2S3. The summed E-state index contributed by atoms with van der Waals surface area (Å²) in [6.45, 7) is 5.08. The average molecular weight is 433 g/mol. The van der Waals surface area contributed by atoms with Crippen LogP contribution in [0.1, 0.15) is 36.3 Å². The molecule has 0 spiro atoms. The van der Waals surface area contributed by atoms with Gasteiger partial charge in [-0.3, -0.25) is 0 Å². The molecule has 7 heteroatoms. The van der Waals surface area contributed by atoms with E-state index in [0.29, 0.717) is 6.61 Å². The van der Waals surface area contributed by atoms with E-state index in [9.17, 15) is 0 Å². The minimum absolute atomic E-state index is 0.100. The summed E-state index contributed by atoms with van der Waals surface area (Å²) in [4.78, 5) is 12.1. The minimum atomic E-state index is -0.100. The fourth-order valence-electron chi connectivity index (χ4n) is 3.32. The molecule has 3 aromatic rings. The van der Waals surface area contributed by atoms with Gasteiger partial charge < -0.3 is 9.47 Å². The molecule has 0 amide bonds. The maximum absolute atomic E-state index is 6.16. The number of thioether (sulfide) groups is 2. The van der Waals surface area contributed by atoms with Crippen molar-refractivity contribution in [2.45, 2.75) is 54.8 Å². The van der Waals surface area contributed by atoms with Crippen LogP contribution in [0, 0.1) is 0 Å². The highest BCUT2D eigenvalue weighted by atomic mass is 32.2. The van der Waals surface area contributed by atoms with Gasteiger partial charge in [-0.25, -0.2) is 9.97 Å². The van der Waals surface area contributed by atoms with Crippen molar-refractivity contribution in [2.24, 2.45) is 0 Å². The summed E-state index contributed by atoms with van der Waals surface area (Å²) in [5.41, 5.74) is 2.55. The van der Waals surface area contributed by atoms with Crippen LogP contribution in [-0.4, -0.2) is 28.9 Å². The van der Waals surface area contributed by atoms with Crippen molar-refractivity contribution < 1.29 is 9.47 Å². The van der Waals surface area contributed by atoms with Gasteiger partial charge in [0.2, 0.25) is 0 Å². The summed E-state index contributed by atoms with van der Waals surface area (Å²) >= 11 is 5.15. The van der Waals surface area contributed by atoms with Gasteiger partial charge in [0, 0.05) is 22.4 Å². The molecule has 4 nitrogen and oxygen atoms in total. The number of fused-ring (bicyclic) bond motifs is 3. The number of ether oxygens (including phenoxy) is 2. The SMILES string of the molecule is CC[C@]1(C)Cc2c(sc3nc(SC)nc(SCc4ccc(OC)cc4)c23)CO1. The van der Waals surface area contributed by atoms with Crippen LogP contribution in [-0.2, 0) is 23.5 Å². The predicted molar refractivity (Wildman–Crippen MR) is 119 cm³/mol. The molecule has 148 valence electrons. The molecule has 0 saturated carbocycles. The Hall–Kier alpha value is -1.28. The molecule has 0 bridgehead atoms. The highest BCUT2D eigenvalue weighted by molar-refractivity contribution is 7.99. The summed E-state index contributed by atoms with van der Waals surface area (Å²) in [5, 5.41) is 3.16. The number of benzene rings is 1. The number of hydrogen-bond donors (Lipinski definition) is 0. The summed E-state index contributed by atoms with van der Waals surface area (Å²) < 4.78 is 11.4. The first kappa shape index (κ1) is 20.0. The molecule has 1 atom stereocenters. The summed E-state index contributed by atoms with van der Waals surface area (Å²) in [6.07, 6.45) is 3.96. The molecule has 0 radical (unpaired) electrons. The topological polar surface area (TPSA) is 44.2 Å². The molecule has 3 heterocycles. The second-order valence-corrected chi connectivity index (χ2v) is 9.93. The van der Waals surface area contributed by atoms with Crippen molar-refractivity contribution in [1.82, 2.24) is 9.97 Å². The van der Waals surface area contributed by atoms with Crippen LogP contribution < -0.4 is 4.74 Å². The van der Waals surface area contributed by atoms with Crippen LogP contribution in [0.15, 0.2) is 34.4 Å². The Morgan fingerprint density at radius 2 is 2.04 bits per heavy atom. The van der Waals surface area contributed by atoms with E-state index in [2.05, 4.69) is 26.0 Å². The molecule has 0 saturated heterocycles. The lowest BCUT2D eigenvalue weighted by Crippen LogP contribution is -2.33. The molecule has 0 unspecified atom stereocenters. The summed E-state index contributed by atoms with van der Waals surface area (Å²) in [7, 11) is 1.69. The Morgan fingerprint density at radius 1 is 1.25 bits per heavy atom. The zero-order valence-electron chi connectivity index (χ0n) is 16.6. The van der Waals surface area contributed by atoms with E-state index in [4.69, 9.17) is 19.4 Å². The molecule has 0 aliphatic carbocycles. The van der Waals surface area contributed by atoms with E-state index in [1.165, 1.54) is 21.4 Å². The predicted octanol–water partition coefficient (Wildman–Crippen LogP) is 5.96. The van der Waals surface area contributed by atoms with Crippen molar-refractivity contribution in [3.8, 4) is 5.75 Å². The number of hydrogen-bond acceptors (Lipinski definition) is 7. The zero-order valence-corrected chi connectivity index (χ0v) is 19.0. The standard InChI is InChI=1S/C21H24N2O2S3/c1-5-21(2)10-15-16(11-25-21)28-19-17(15)18(22-20(23-19)26-4)27-12-13-6-8-14(24-3)9-7-13/h6-9H,5,10-12H2,1-4H3/t21-/m1/s1. The summed E-state index contributed by atoms with van der Waals surface area (Å²) in [5.74, 6) is 1.75. The quantitative estimate of drug-likeness (QED) is 0.272. The zero-order chi connectivity index (χ0) is 19.7. The second kappa shape index (κ2) is 8.22. The monoisotopic (exact) mass is 432 g/mol. The molecule has 1 aliphatic heterocycles. The maximum Gasteiger partial charge on any atom is 0.189 e. The first-order valence-electron chi connectivity index (χ1n) is 9.31. The van der Waals surface area contributed by atoms with Gasteiger partial charge >= 0.3 is 0 Å². The normalized spacial score (nSPS) is 19.0. The fraction of sp³-hybridized carbons (Fsp3) is 0.429. The number of methoxy groups -OCH3 is 1. The minimum Gasteiger partial charge on any atom is -0.497 e. The molecule has 0 N–H and O–H groups in total. The molecule has 1 aliphatic rings. The van der Waals surface area contributed by atoms with Gasteiger partial charge in [0.15, 0.2) is 5.16 Å². The van der Waals surface area contributed by atoms with Gasteiger partial charge in [-0.2, -0.15) is 0 Å². The summed E-state index contributed by atoms with van der Waals surface area (Å²) in [6, 6.07) is 8.25. The van der Waals surface area contributed by atoms with Gasteiger partial charge in [0.1, 0.15) is 15.6 Å². The van der Waals surface area contributed by atoms with E-state index in [1.807, 2.05) is 18.4 Å². The van der Waals surface area contributed by atoms with E-state index in [-0.39, 0.29) is 5.60 Å². The Morgan fingerprint density at radius 3 is 2.71 bits per heavy atom. The Bertz CT molecular complexity index is 987. The third kappa shape index (κ3) is 3.90. The van der Waals surface area contributed by atoms with Crippen molar-refractivity contribution in [3.63, 3.8) is 0 Å². The third-order valence-electron chi connectivity index (χ3n) is 5.25. The molecule has 0 fully saturated rings. The number of thiophene rings is 1. The molecule has 4 rings (SSSR count). The van der Waals surface area contributed by atoms with Gasteiger partial charge in [0.05, 0.1) is 19.3 Å². The van der Waals surface area contributed by atoms with Crippen molar-refractivity contribution >= 4 is 45.1 Å². The Kier molecular flexibility index (Phi) is 5.88. The van der Waals surface area contributed by atoms with E-state index >= 15 is 0 Å². The van der Waals surface area contributed by atoms with Crippen molar-refractivity contribution in [2.75, 3.05) is 13.4 Å². The highest BCUT2D eigenvalue weighted by Crippen LogP contribution is 2.43. The lowest BCUT2D eigenvalue weighted by Gasteiger charge is -2.33. The first-order valence-corrected chi connectivity index (χ1v) is 12.3. The van der Waals surface area contributed by atoms with Crippen LogP contribution in [0.5, 0.6) is 5.75 Å². The molecule has 2 aromatic heterocycles. The van der Waals surface area contributed by atoms with Crippen LogP contribution in [0.2, 0.25) is 0 Å². The van der Waals surface area contributed by atoms with Crippen LogP contribution in [0.4, 0.5) is 0 Å². The smallest absolute Gasteiger partial charge is 0.189 e. The average Bonchev–Trinajstić information content (AvgIpc) is 3.09. The van der Waals surface area contributed by atoms with Gasteiger partial charge in [-0.15, -0.1) is 23.1 Å². The van der Waals surface area contributed by atoms with Crippen LogP contribution >= 0.6 is 34.9 Å². The van der Waals surface area contributed by atoms with Crippen molar-refractivity contribution in [1.29, 1.82) is 0 Å². The van der Waals surface area contributed by atoms with E-state index < -0.39 is 0 Å². The number of nitrogens with zero attached hydrogens (tertiary/aromatic N) is 2. The van der Waals surface area contributed by atoms with E-state index in [1.54, 1.807) is 42.0 Å². The van der Waals surface area contributed by atoms with Gasteiger partial charge in [-0.1, -0.05) is 30.8 Å². The second-order valence-electron chi connectivity index (χ2n) is 7.11. The fourth-order valence-corrected chi connectivity index (χ4v) is 5.98. The van der Waals surface area contributed by atoms with Crippen molar-refractivity contribution in [3.05, 3.63) is 40.3 Å². The van der Waals surface area contributed by atoms with Crippen LogP contribution in [0.25, 0.3) is 10.2 Å². The molecule has 1 aromatic carbocycles. The third-order valence-corrected chi connectivity index (χ3v) is 7.94. The Balaban J connectivity index is 1.70. The van der Waals surface area contributed by atoms with E-state index in [0.717, 1.165) is 39.4 Å².